The molecule has 0 bridgehead atoms. The number of thiophene rings is 1. The molecule has 0 unspecified atom stereocenters. The number of halogens is 1. The predicted octanol–water partition coefficient (Wildman–Crippen LogP) is 3.02. The molecule has 3 N–H and O–H groups in total. The molecule has 1 aromatic heterocycles. The van der Waals surface area contributed by atoms with Crippen LogP contribution in [-0.4, -0.2) is 18.5 Å². The Hall–Kier alpha value is -1.36. The van der Waals surface area contributed by atoms with Crippen molar-refractivity contribution in [1.29, 1.82) is 0 Å². The van der Waals surface area contributed by atoms with Crippen LogP contribution in [0, 0.1) is 0 Å². The maximum atomic E-state index is 11.9. The number of benzene rings is 1. The molecule has 1 heterocycles. The molecule has 2 aromatic rings. The lowest BCUT2D eigenvalue weighted by Crippen LogP contribution is -2.41. The largest absolute Gasteiger partial charge is 0.354 e. The van der Waals surface area contributed by atoms with E-state index in [-0.39, 0.29) is 5.91 Å². The highest BCUT2D eigenvalue weighted by Gasteiger charge is 2.12. The van der Waals surface area contributed by atoms with E-state index < -0.39 is 6.04 Å². The van der Waals surface area contributed by atoms with Crippen LogP contribution < -0.4 is 11.1 Å². The van der Waals surface area contributed by atoms with Crippen LogP contribution in [0.15, 0.2) is 42.5 Å². The quantitative estimate of drug-likeness (QED) is 0.823. The third-order valence-corrected chi connectivity index (χ3v) is 4.51. The first-order valence-corrected chi connectivity index (χ1v) is 8.16. The molecule has 0 aliphatic carbocycles. The van der Waals surface area contributed by atoms with Crippen molar-refractivity contribution in [2.45, 2.75) is 25.3 Å². The fourth-order valence-electron chi connectivity index (χ4n) is 2.02. The lowest BCUT2D eigenvalue weighted by Gasteiger charge is -2.12. The number of nitrogens with two attached hydrogens (primary N) is 1. The van der Waals surface area contributed by atoms with Crippen molar-refractivity contribution in [2.75, 3.05) is 6.54 Å². The van der Waals surface area contributed by atoms with Crippen LogP contribution in [0.4, 0.5) is 0 Å². The normalized spacial score (nSPS) is 12.1. The summed E-state index contributed by atoms with van der Waals surface area (Å²) in [5.74, 6) is -0.0893. The van der Waals surface area contributed by atoms with Crippen molar-refractivity contribution in [3.8, 4) is 0 Å². The molecule has 5 heteroatoms. The van der Waals surface area contributed by atoms with Gasteiger partial charge in [-0.25, -0.2) is 0 Å². The van der Waals surface area contributed by atoms with Crippen LogP contribution in [0.25, 0.3) is 0 Å². The summed E-state index contributed by atoms with van der Waals surface area (Å²) in [5.41, 5.74) is 7.12. The first-order chi connectivity index (χ1) is 10.1. The van der Waals surface area contributed by atoms with E-state index in [0.717, 1.165) is 22.1 Å². The number of aryl methyl sites for hydroxylation is 1. The van der Waals surface area contributed by atoms with Crippen LogP contribution in [0.2, 0.25) is 4.34 Å². The number of rotatable bonds is 7. The number of carbonyl (C=O) groups excluding carboxylic acids is 1. The van der Waals surface area contributed by atoms with Crippen molar-refractivity contribution in [2.24, 2.45) is 5.73 Å². The number of hydrogen-bond donors (Lipinski definition) is 2. The maximum absolute atomic E-state index is 11.9. The molecular formula is C16H19ClN2OS. The highest BCUT2D eigenvalue weighted by atomic mass is 35.5. The molecule has 0 fully saturated rings. The predicted molar refractivity (Wildman–Crippen MR) is 88.8 cm³/mol. The highest BCUT2D eigenvalue weighted by Crippen LogP contribution is 2.21. The first kappa shape index (κ1) is 16.0. The van der Waals surface area contributed by atoms with Crippen LogP contribution >= 0.6 is 22.9 Å². The minimum atomic E-state index is -0.461. The number of nitrogens with one attached hydrogen (secondary N) is 1. The molecular weight excluding hydrogens is 304 g/mol. The Bertz CT molecular complexity index is 571. The standard InChI is InChI=1S/C16H19ClN2OS/c17-15-9-7-13(21-15)10-11-19-16(20)14(18)8-6-12-4-2-1-3-5-12/h1-5,7,9,14H,6,8,10-11,18H2,(H,19,20)/t14-/m0/s1. The Morgan fingerprint density at radius 2 is 1.95 bits per heavy atom. The first-order valence-electron chi connectivity index (χ1n) is 6.96. The van der Waals surface area contributed by atoms with Crippen LogP contribution in [0.3, 0.4) is 0 Å². The summed E-state index contributed by atoms with van der Waals surface area (Å²) in [7, 11) is 0. The van der Waals surface area contributed by atoms with Crippen molar-refractivity contribution < 1.29 is 4.79 Å². The van der Waals surface area contributed by atoms with Gasteiger partial charge in [0.1, 0.15) is 0 Å². The number of carbonyl (C=O) groups is 1. The third-order valence-electron chi connectivity index (χ3n) is 3.22. The molecule has 1 amide bonds. The van der Waals surface area contributed by atoms with Crippen LogP contribution in [0.1, 0.15) is 16.9 Å². The molecule has 1 aromatic carbocycles. The molecule has 21 heavy (non-hydrogen) atoms. The third kappa shape index (κ3) is 5.50. The zero-order chi connectivity index (χ0) is 15.1. The number of hydrogen-bond acceptors (Lipinski definition) is 3. The van der Waals surface area contributed by atoms with Gasteiger partial charge in [-0.15, -0.1) is 11.3 Å². The van der Waals surface area contributed by atoms with Gasteiger partial charge in [0.15, 0.2) is 0 Å². The van der Waals surface area contributed by atoms with Gasteiger partial charge in [-0.3, -0.25) is 4.79 Å². The van der Waals surface area contributed by atoms with Gasteiger partial charge in [-0.2, -0.15) is 0 Å². The van der Waals surface area contributed by atoms with Crippen LogP contribution in [0.5, 0.6) is 0 Å². The van der Waals surface area contributed by atoms with Gasteiger partial charge in [0.2, 0.25) is 5.91 Å². The lowest BCUT2D eigenvalue weighted by molar-refractivity contribution is -0.122. The van der Waals surface area contributed by atoms with E-state index in [4.69, 9.17) is 17.3 Å². The lowest BCUT2D eigenvalue weighted by atomic mass is 10.1. The molecule has 0 saturated heterocycles. The average Bonchev–Trinajstić information content (AvgIpc) is 2.91. The maximum Gasteiger partial charge on any atom is 0.236 e. The molecule has 0 aliphatic heterocycles. The van der Waals surface area contributed by atoms with E-state index in [9.17, 15) is 4.79 Å². The Morgan fingerprint density at radius 3 is 2.62 bits per heavy atom. The van der Waals surface area contributed by atoms with E-state index in [1.807, 2.05) is 42.5 Å². The zero-order valence-electron chi connectivity index (χ0n) is 11.7. The SMILES string of the molecule is N[C@@H](CCc1ccccc1)C(=O)NCCc1ccc(Cl)s1. The van der Waals surface area contributed by atoms with E-state index in [1.54, 1.807) is 0 Å². The van der Waals surface area contributed by atoms with Gasteiger partial charge in [-0.05, 0) is 37.0 Å². The van der Waals surface area contributed by atoms with E-state index >= 15 is 0 Å². The van der Waals surface area contributed by atoms with Crippen molar-refractivity contribution in [1.82, 2.24) is 5.32 Å². The van der Waals surface area contributed by atoms with Gasteiger partial charge in [0.05, 0.1) is 10.4 Å². The van der Waals surface area contributed by atoms with E-state index in [2.05, 4.69) is 5.32 Å². The van der Waals surface area contributed by atoms with E-state index in [1.165, 1.54) is 16.9 Å². The molecule has 0 saturated carbocycles. The molecule has 2 rings (SSSR count). The van der Waals surface area contributed by atoms with Crippen LogP contribution in [-0.2, 0) is 17.6 Å². The summed E-state index contributed by atoms with van der Waals surface area (Å²) in [6.45, 7) is 0.592. The molecule has 112 valence electrons. The molecule has 1 atom stereocenters. The van der Waals surface area contributed by atoms with Gasteiger partial charge in [-0.1, -0.05) is 41.9 Å². The monoisotopic (exact) mass is 322 g/mol. The zero-order valence-corrected chi connectivity index (χ0v) is 13.3. The minimum Gasteiger partial charge on any atom is -0.354 e. The van der Waals surface area contributed by atoms with Gasteiger partial charge >= 0.3 is 0 Å². The van der Waals surface area contributed by atoms with Gasteiger partial charge in [0.25, 0.3) is 0 Å². The Balaban J connectivity index is 1.67. The summed E-state index contributed by atoms with van der Waals surface area (Å²) in [6, 6.07) is 13.4. The molecule has 0 spiro atoms. The van der Waals surface area contributed by atoms with Gasteiger partial charge in [0, 0.05) is 11.4 Å². The topological polar surface area (TPSA) is 55.1 Å². The Morgan fingerprint density at radius 1 is 1.19 bits per heavy atom. The van der Waals surface area contributed by atoms with E-state index in [0.29, 0.717) is 13.0 Å². The second-order valence-electron chi connectivity index (χ2n) is 4.88. The molecule has 0 aliphatic rings. The highest BCUT2D eigenvalue weighted by molar-refractivity contribution is 7.16. The second kappa shape index (κ2) is 8.17. The van der Waals surface area contributed by atoms with Crippen molar-refractivity contribution >= 4 is 28.8 Å². The number of amides is 1. The fourth-order valence-corrected chi connectivity index (χ4v) is 3.11. The smallest absolute Gasteiger partial charge is 0.236 e. The second-order valence-corrected chi connectivity index (χ2v) is 6.68. The molecule has 3 nitrogen and oxygen atoms in total. The minimum absolute atomic E-state index is 0.0893. The van der Waals surface area contributed by atoms with Crippen molar-refractivity contribution in [3.63, 3.8) is 0 Å². The Kier molecular flexibility index (Phi) is 6.23. The van der Waals surface area contributed by atoms with Crippen molar-refractivity contribution in [3.05, 3.63) is 57.2 Å². The summed E-state index contributed by atoms with van der Waals surface area (Å²) in [4.78, 5) is 13.1. The summed E-state index contributed by atoms with van der Waals surface area (Å²) in [5, 5.41) is 2.88. The fraction of sp³-hybridized carbons (Fsp3) is 0.312. The summed E-state index contributed by atoms with van der Waals surface area (Å²) >= 11 is 7.40. The average molecular weight is 323 g/mol. The Labute approximate surface area is 134 Å². The van der Waals surface area contributed by atoms with Gasteiger partial charge < -0.3 is 11.1 Å². The summed E-state index contributed by atoms with van der Waals surface area (Å²) in [6.07, 6.45) is 2.26. The summed E-state index contributed by atoms with van der Waals surface area (Å²) < 4.78 is 0.774. The molecule has 0 radical (unpaired) electrons.